The topological polar surface area (TPSA) is 108 Å². The van der Waals surface area contributed by atoms with Crippen LogP contribution in [0.3, 0.4) is 0 Å². The van der Waals surface area contributed by atoms with E-state index in [1.54, 1.807) is 62.9 Å². The second kappa shape index (κ2) is 13.0. The van der Waals surface area contributed by atoms with Gasteiger partial charge in [0.2, 0.25) is 5.91 Å². The summed E-state index contributed by atoms with van der Waals surface area (Å²) in [6.07, 6.45) is 2.24. The van der Waals surface area contributed by atoms with Gasteiger partial charge in [0.05, 0.1) is 10.7 Å². The molecule has 0 aromatic heterocycles. The number of hydrogen-bond acceptors (Lipinski definition) is 6. The van der Waals surface area contributed by atoms with Crippen LogP contribution < -0.4 is 10.6 Å². The Morgan fingerprint density at radius 1 is 1.18 bits per heavy atom. The summed E-state index contributed by atoms with van der Waals surface area (Å²) >= 11 is 7.95. The average molecular weight is 576 g/mol. The molecule has 8 nitrogen and oxygen atoms in total. The molecular formula is C29H38ClN3O5S. The highest BCUT2D eigenvalue weighted by atomic mass is 35.5. The number of hydrogen-bond donors (Lipinski definition) is 3. The van der Waals surface area contributed by atoms with Crippen molar-refractivity contribution in [3.8, 4) is 5.75 Å². The molecule has 0 radical (unpaired) electrons. The lowest BCUT2D eigenvalue weighted by molar-refractivity contribution is -0.141. The van der Waals surface area contributed by atoms with E-state index in [4.69, 9.17) is 16.3 Å². The van der Waals surface area contributed by atoms with Gasteiger partial charge in [-0.15, -0.1) is 0 Å². The minimum atomic E-state index is -1.17. The quantitative estimate of drug-likeness (QED) is 0.325. The van der Waals surface area contributed by atoms with Crippen molar-refractivity contribution in [2.75, 3.05) is 17.3 Å². The van der Waals surface area contributed by atoms with Crippen LogP contribution in [0, 0.1) is 12.8 Å². The van der Waals surface area contributed by atoms with Crippen molar-refractivity contribution in [3.05, 3.63) is 58.6 Å². The van der Waals surface area contributed by atoms with E-state index in [2.05, 4.69) is 10.6 Å². The molecule has 0 saturated heterocycles. The van der Waals surface area contributed by atoms with E-state index in [9.17, 15) is 19.5 Å². The van der Waals surface area contributed by atoms with Gasteiger partial charge in [-0.1, -0.05) is 48.9 Å². The van der Waals surface area contributed by atoms with Crippen LogP contribution in [-0.2, 0) is 14.3 Å². The minimum Gasteiger partial charge on any atom is -0.508 e. The number of amides is 3. The summed E-state index contributed by atoms with van der Waals surface area (Å²) in [5.74, 6) is -0.295. The molecule has 10 heteroatoms. The van der Waals surface area contributed by atoms with Crippen LogP contribution in [0.1, 0.15) is 57.7 Å². The first kappa shape index (κ1) is 30.6. The molecule has 4 unspecified atom stereocenters. The molecule has 1 aliphatic carbocycles. The Bertz CT molecular complexity index is 1180. The summed E-state index contributed by atoms with van der Waals surface area (Å²) in [6, 6.07) is 9.42. The molecule has 1 fully saturated rings. The number of carbonyl (C=O) groups is 3. The maximum Gasteiger partial charge on any atom is 0.408 e. The Balaban J connectivity index is 2.05. The Hall–Kier alpha value is -2.91. The van der Waals surface area contributed by atoms with E-state index >= 15 is 0 Å². The number of rotatable bonds is 10. The second-order valence-electron chi connectivity index (χ2n) is 10.9. The molecule has 3 amide bonds. The average Bonchev–Trinajstić information content (AvgIpc) is 3.57. The molecule has 3 N–H and O–H groups in total. The van der Waals surface area contributed by atoms with Crippen LogP contribution in [-0.4, -0.2) is 57.6 Å². The molecule has 212 valence electrons. The maximum atomic E-state index is 14.3. The SMILES string of the molecule is CSCCC(NC(=O)OC(C)(C)C)C(=O)N(C(C(=O)Nc1c(C)cccc1Cl)c1ccccc1O)C1CC1C. The van der Waals surface area contributed by atoms with E-state index in [-0.39, 0.29) is 23.3 Å². The van der Waals surface area contributed by atoms with Gasteiger partial charge in [-0.05, 0) is 76.2 Å². The van der Waals surface area contributed by atoms with Gasteiger partial charge in [0, 0.05) is 11.6 Å². The molecule has 0 bridgehead atoms. The number of anilines is 1. The van der Waals surface area contributed by atoms with E-state index in [1.165, 1.54) is 11.0 Å². The van der Waals surface area contributed by atoms with Gasteiger partial charge in [-0.3, -0.25) is 9.59 Å². The fraction of sp³-hybridized carbons (Fsp3) is 0.483. The molecule has 3 rings (SSSR count). The fourth-order valence-electron chi connectivity index (χ4n) is 4.41. The van der Waals surface area contributed by atoms with Gasteiger partial charge in [0.25, 0.3) is 5.91 Å². The Morgan fingerprint density at radius 2 is 1.85 bits per heavy atom. The smallest absolute Gasteiger partial charge is 0.408 e. The third kappa shape index (κ3) is 8.05. The number of nitrogens with one attached hydrogen (secondary N) is 2. The maximum absolute atomic E-state index is 14.3. The molecule has 2 aromatic rings. The van der Waals surface area contributed by atoms with Gasteiger partial charge >= 0.3 is 6.09 Å². The lowest BCUT2D eigenvalue weighted by Crippen LogP contribution is -2.53. The lowest BCUT2D eigenvalue weighted by atomic mass is 10.0. The third-order valence-electron chi connectivity index (χ3n) is 6.51. The van der Waals surface area contributed by atoms with Gasteiger partial charge in [-0.25, -0.2) is 4.79 Å². The summed E-state index contributed by atoms with van der Waals surface area (Å²) < 4.78 is 5.43. The van der Waals surface area contributed by atoms with E-state index < -0.39 is 35.6 Å². The number of thioether (sulfide) groups is 1. The van der Waals surface area contributed by atoms with Crippen LogP contribution >= 0.6 is 23.4 Å². The number of aromatic hydroxyl groups is 1. The molecule has 1 saturated carbocycles. The second-order valence-corrected chi connectivity index (χ2v) is 12.3. The van der Waals surface area contributed by atoms with E-state index in [0.29, 0.717) is 29.3 Å². The van der Waals surface area contributed by atoms with Crippen molar-refractivity contribution in [1.82, 2.24) is 10.2 Å². The minimum absolute atomic E-state index is 0.111. The number of phenols is 1. The number of carbonyl (C=O) groups excluding carboxylic acids is 3. The van der Waals surface area contributed by atoms with Crippen molar-refractivity contribution in [3.63, 3.8) is 0 Å². The van der Waals surface area contributed by atoms with Gasteiger partial charge in [0.15, 0.2) is 0 Å². The standard InChI is InChI=1S/C29H38ClN3O5S/c1-17-10-9-12-20(30)24(17)32-26(35)25(19-11-7-8-13-23(19)34)33(22-16-18(22)2)27(36)21(14-15-39-6)31-28(37)38-29(3,4)5/h7-13,18,21-22,25,34H,14-16H2,1-6H3,(H,31,37)(H,32,35). The van der Waals surface area contributed by atoms with Crippen molar-refractivity contribution >= 4 is 47.0 Å². The predicted molar refractivity (Wildman–Crippen MR) is 156 cm³/mol. The number of benzene rings is 2. The highest BCUT2D eigenvalue weighted by Gasteiger charge is 2.48. The highest BCUT2D eigenvalue weighted by Crippen LogP contribution is 2.43. The van der Waals surface area contributed by atoms with Gasteiger partial charge in [-0.2, -0.15) is 11.8 Å². The Labute approximate surface area is 239 Å². The fourth-order valence-corrected chi connectivity index (χ4v) is 5.15. The zero-order valence-corrected chi connectivity index (χ0v) is 24.9. The third-order valence-corrected chi connectivity index (χ3v) is 7.47. The van der Waals surface area contributed by atoms with Crippen molar-refractivity contribution in [2.24, 2.45) is 5.92 Å². The number of ether oxygens (including phenoxy) is 1. The Kier molecular flexibility index (Phi) is 10.2. The monoisotopic (exact) mass is 575 g/mol. The summed E-state index contributed by atoms with van der Waals surface area (Å²) in [5.41, 5.74) is 0.737. The first-order valence-corrected chi connectivity index (χ1v) is 14.8. The van der Waals surface area contributed by atoms with Crippen molar-refractivity contribution in [2.45, 2.75) is 71.2 Å². The molecule has 0 heterocycles. The van der Waals surface area contributed by atoms with E-state index in [0.717, 1.165) is 5.56 Å². The van der Waals surface area contributed by atoms with Crippen LogP contribution in [0.15, 0.2) is 42.5 Å². The molecule has 2 aromatic carbocycles. The summed E-state index contributed by atoms with van der Waals surface area (Å²) in [7, 11) is 0. The van der Waals surface area contributed by atoms with E-state index in [1.807, 2.05) is 26.2 Å². The number of aryl methyl sites for hydroxylation is 1. The molecule has 39 heavy (non-hydrogen) atoms. The van der Waals surface area contributed by atoms with Gasteiger partial charge in [0.1, 0.15) is 23.4 Å². The molecular weight excluding hydrogens is 538 g/mol. The summed E-state index contributed by atoms with van der Waals surface area (Å²) in [4.78, 5) is 42.5. The molecule has 1 aliphatic rings. The van der Waals surface area contributed by atoms with Crippen LogP contribution in [0.2, 0.25) is 5.02 Å². The number of alkyl carbamates (subject to hydrolysis) is 1. The number of phenolic OH excluding ortho intramolecular Hbond substituents is 1. The van der Waals surface area contributed by atoms with Crippen LogP contribution in [0.4, 0.5) is 10.5 Å². The molecule has 0 spiro atoms. The molecule has 4 atom stereocenters. The van der Waals surface area contributed by atoms with Crippen LogP contribution in [0.5, 0.6) is 5.75 Å². The lowest BCUT2D eigenvalue weighted by Gasteiger charge is -2.35. The summed E-state index contributed by atoms with van der Waals surface area (Å²) in [5, 5.41) is 16.8. The number of halogens is 1. The number of nitrogens with zero attached hydrogens (tertiary/aromatic N) is 1. The molecule has 0 aliphatic heterocycles. The first-order chi connectivity index (χ1) is 18.3. The van der Waals surface area contributed by atoms with Crippen molar-refractivity contribution < 1.29 is 24.2 Å². The predicted octanol–water partition coefficient (Wildman–Crippen LogP) is 5.92. The first-order valence-electron chi connectivity index (χ1n) is 13.0. The summed E-state index contributed by atoms with van der Waals surface area (Å²) in [6.45, 7) is 9.07. The van der Waals surface area contributed by atoms with Crippen molar-refractivity contribution in [1.29, 1.82) is 0 Å². The normalized spacial score (nSPS) is 18.0. The largest absolute Gasteiger partial charge is 0.508 e. The van der Waals surface area contributed by atoms with Gasteiger partial charge < -0.3 is 25.4 Å². The Morgan fingerprint density at radius 3 is 2.41 bits per heavy atom. The highest BCUT2D eigenvalue weighted by molar-refractivity contribution is 7.98. The zero-order valence-electron chi connectivity index (χ0n) is 23.3. The van der Waals surface area contributed by atoms with Crippen LogP contribution in [0.25, 0.3) is 0 Å². The number of para-hydroxylation sites is 2. The zero-order chi connectivity index (χ0) is 28.9.